The Kier molecular flexibility index (Phi) is 3.02. The molecule has 1 aromatic rings. The van der Waals surface area contributed by atoms with Crippen molar-refractivity contribution in [3.8, 4) is 0 Å². The Balaban J connectivity index is 2.03. The normalized spacial score (nSPS) is 28.2. The monoisotopic (exact) mass is 247 g/mol. The Morgan fingerprint density at radius 1 is 1.39 bits per heavy atom. The maximum atomic E-state index is 12.0. The number of ether oxygens (including phenoxy) is 1. The van der Waals surface area contributed by atoms with Gasteiger partial charge in [-0.1, -0.05) is 6.92 Å². The summed E-state index contributed by atoms with van der Waals surface area (Å²) in [4.78, 5) is 12.0. The minimum Gasteiger partial charge on any atom is -0.381 e. The minimum absolute atomic E-state index is 0.331. The summed E-state index contributed by atoms with van der Waals surface area (Å²) in [5.74, 6) is 0.865. The van der Waals surface area contributed by atoms with Crippen LogP contribution in [0.25, 0.3) is 0 Å². The highest BCUT2D eigenvalue weighted by Gasteiger charge is 2.30. The molecule has 1 aliphatic heterocycles. The molecule has 0 N–H and O–H groups in total. The molecule has 0 aromatic carbocycles. The maximum absolute atomic E-state index is 12.0. The van der Waals surface area contributed by atoms with E-state index in [1.165, 1.54) is 11.4 Å². The highest BCUT2D eigenvalue weighted by molar-refractivity contribution is 5.98. The smallest absolute Gasteiger partial charge is 0.164 e. The van der Waals surface area contributed by atoms with Crippen LogP contribution in [0, 0.1) is 12.8 Å². The zero-order valence-electron chi connectivity index (χ0n) is 11.2. The minimum atomic E-state index is 0.331. The second-order valence-corrected chi connectivity index (χ2v) is 5.70. The van der Waals surface area contributed by atoms with Crippen LogP contribution in [-0.4, -0.2) is 23.6 Å². The Hall–Kier alpha value is -1.09. The summed E-state index contributed by atoms with van der Waals surface area (Å²) in [7, 11) is 0. The molecular weight excluding hydrogens is 226 g/mol. The number of Topliss-reactive ketones (excluding diaryl/α,β-unsaturated/α-hetero) is 1. The molecule has 0 spiro atoms. The van der Waals surface area contributed by atoms with Crippen molar-refractivity contribution in [1.82, 2.24) is 4.57 Å². The lowest BCUT2D eigenvalue weighted by molar-refractivity contribution is 0.0274. The van der Waals surface area contributed by atoms with Crippen molar-refractivity contribution in [2.45, 2.75) is 45.6 Å². The van der Waals surface area contributed by atoms with Crippen LogP contribution < -0.4 is 0 Å². The Bertz CT molecular complexity index is 475. The van der Waals surface area contributed by atoms with E-state index in [1.54, 1.807) is 0 Å². The second kappa shape index (κ2) is 4.54. The first-order valence-electron chi connectivity index (χ1n) is 7.00. The van der Waals surface area contributed by atoms with Gasteiger partial charge >= 0.3 is 0 Å². The fourth-order valence-corrected chi connectivity index (χ4v) is 3.47. The third kappa shape index (κ3) is 1.81. The average molecular weight is 247 g/mol. The molecule has 3 nitrogen and oxygen atoms in total. The Morgan fingerprint density at radius 2 is 2.22 bits per heavy atom. The first-order chi connectivity index (χ1) is 8.68. The van der Waals surface area contributed by atoms with Gasteiger partial charge in [0.2, 0.25) is 0 Å². The molecule has 1 aromatic heterocycles. The maximum Gasteiger partial charge on any atom is 0.164 e. The summed E-state index contributed by atoms with van der Waals surface area (Å²) in [5, 5.41) is 0. The van der Waals surface area contributed by atoms with E-state index in [9.17, 15) is 4.79 Å². The van der Waals surface area contributed by atoms with Crippen LogP contribution in [0.1, 0.15) is 54.0 Å². The summed E-state index contributed by atoms with van der Waals surface area (Å²) in [5.41, 5.74) is 3.51. The van der Waals surface area contributed by atoms with Crippen LogP contribution >= 0.6 is 0 Å². The van der Waals surface area contributed by atoms with Crippen LogP contribution in [0.4, 0.5) is 0 Å². The molecule has 1 saturated heterocycles. The van der Waals surface area contributed by atoms with Gasteiger partial charge < -0.3 is 9.30 Å². The molecule has 0 radical (unpaired) electrons. The molecule has 0 saturated carbocycles. The molecule has 3 rings (SSSR count). The van der Waals surface area contributed by atoms with E-state index in [0.717, 1.165) is 44.5 Å². The SMILES string of the molecule is Cc1cc2c(n1C1CCOCC1C)CCCC2=O. The molecule has 2 heterocycles. The van der Waals surface area contributed by atoms with E-state index in [1.807, 2.05) is 0 Å². The molecule has 3 heteroatoms. The average Bonchev–Trinajstić information content (AvgIpc) is 2.68. The van der Waals surface area contributed by atoms with Crippen LogP contribution in [0.2, 0.25) is 0 Å². The standard InChI is InChI=1S/C15H21NO2/c1-10-9-18-7-6-13(10)16-11(2)8-12-14(16)4-3-5-15(12)17/h8,10,13H,3-7,9H2,1-2H3. The van der Waals surface area contributed by atoms with E-state index in [2.05, 4.69) is 24.5 Å². The van der Waals surface area contributed by atoms with Gasteiger partial charge in [-0.3, -0.25) is 4.79 Å². The number of ketones is 1. The van der Waals surface area contributed by atoms with Crippen molar-refractivity contribution in [3.05, 3.63) is 23.0 Å². The van der Waals surface area contributed by atoms with Crippen LogP contribution in [0.15, 0.2) is 6.07 Å². The molecular formula is C15H21NO2. The lowest BCUT2D eigenvalue weighted by Crippen LogP contribution is -2.30. The van der Waals surface area contributed by atoms with E-state index >= 15 is 0 Å². The lowest BCUT2D eigenvalue weighted by Gasteiger charge is -2.33. The predicted molar refractivity (Wildman–Crippen MR) is 70.1 cm³/mol. The first kappa shape index (κ1) is 12.0. The number of carbonyl (C=O) groups is 1. The van der Waals surface area contributed by atoms with Crippen LogP contribution in [-0.2, 0) is 11.2 Å². The number of fused-ring (bicyclic) bond motifs is 1. The summed E-state index contributed by atoms with van der Waals surface area (Å²) in [6.45, 7) is 6.06. The van der Waals surface area contributed by atoms with Gasteiger partial charge in [-0.05, 0) is 32.3 Å². The van der Waals surface area contributed by atoms with Gasteiger partial charge in [0.25, 0.3) is 0 Å². The number of nitrogens with zero attached hydrogens (tertiary/aromatic N) is 1. The number of carbonyl (C=O) groups excluding carboxylic acids is 1. The Morgan fingerprint density at radius 3 is 3.00 bits per heavy atom. The van der Waals surface area contributed by atoms with Crippen LogP contribution in [0.5, 0.6) is 0 Å². The van der Waals surface area contributed by atoms with Gasteiger partial charge in [0.15, 0.2) is 5.78 Å². The summed E-state index contributed by atoms with van der Waals surface area (Å²) in [6.07, 6.45) is 3.85. The highest BCUT2D eigenvalue weighted by Crippen LogP contribution is 2.34. The molecule has 2 unspecified atom stereocenters. The molecule has 1 aliphatic carbocycles. The van der Waals surface area contributed by atoms with E-state index < -0.39 is 0 Å². The number of hydrogen-bond acceptors (Lipinski definition) is 2. The molecule has 18 heavy (non-hydrogen) atoms. The molecule has 0 bridgehead atoms. The topological polar surface area (TPSA) is 31.2 Å². The molecule has 2 aliphatic rings. The fourth-order valence-electron chi connectivity index (χ4n) is 3.47. The van der Waals surface area contributed by atoms with Crippen molar-refractivity contribution in [1.29, 1.82) is 0 Å². The third-order valence-electron chi connectivity index (χ3n) is 4.38. The number of hydrogen-bond donors (Lipinski definition) is 0. The molecule has 0 amide bonds. The largest absolute Gasteiger partial charge is 0.381 e. The quantitative estimate of drug-likeness (QED) is 0.764. The molecule has 98 valence electrons. The summed E-state index contributed by atoms with van der Waals surface area (Å²) in [6, 6.07) is 2.60. The van der Waals surface area contributed by atoms with Crippen molar-refractivity contribution in [3.63, 3.8) is 0 Å². The fraction of sp³-hybridized carbons (Fsp3) is 0.667. The first-order valence-corrected chi connectivity index (χ1v) is 7.00. The van der Waals surface area contributed by atoms with Gasteiger partial charge in [-0.25, -0.2) is 0 Å². The molecule has 1 fully saturated rings. The van der Waals surface area contributed by atoms with Gasteiger partial charge in [-0.15, -0.1) is 0 Å². The molecule has 2 atom stereocenters. The summed E-state index contributed by atoms with van der Waals surface area (Å²) < 4.78 is 7.96. The number of rotatable bonds is 1. The lowest BCUT2D eigenvalue weighted by atomic mass is 9.94. The second-order valence-electron chi connectivity index (χ2n) is 5.70. The van der Waals surface area contributed by atoms with E-state index in [-0.39, 0.29) is 0 Å². The van der Waals surface area contributed by atoms with Crippen LogP contribution in [0.3, 0.4) is 0 Å². The van der Waals surface area contributed by atoms with E-state index in [4.69, 9.17) is 4.74 Å². The van der Waals surface area contributed by atoms with Crippen molar-refractivity contribution in [2.75, 3.05) is 13.2 Å². The summed E-state index contributed by atoms with van der Waals surface area (Å²) >= 11 is 0. The van der Waals surface area contributed by atoms with Gasteiger partial charge in [-0.2, -0.15) is 0 Å². The third-order valence-corrected chi connectivity index (χ3v) is 4.38. The predicted octanol–water partition coefficient (Wildman–Crippen LogP) is 2.91. The zero-order chi connectivity index (χ0) is 12.7. The van der Waals surface area contributed by atoms with E-state index in [0.29, 0.717) is 17.7 Å². The van der Waals surface area contributed by atoms with Gasteiger partial charge in [0.05, 0.1) is 6.61 Å². The highest BCUT2D eigenvalue weighted by atomic mass is 16.5. The zero-order valence-corrected chi connectivity index (χ0v) is 11.2. The number of aryl methyl sites for hydroxylation is 1. The van der Waals surface area contributed by atoms with Gasteiger partial charge in [0.1, 0.15) is 0 Å². The van der Waals surface area contributed by atoms with Gasteiger partial charge in [0, 0.05) is 41.9 Å². The van der Waals surface area contributed by atoms with Crippen molar-refractivity contribution >= 4 is 5.78 Å². The number of aromatic nitrogens is 1. The Labute approximate surface area is 108 Å². The van der Waals surface area contributed by atoms with Crippen molar-refractivity contribution in [2.24, 2.45) is 5.92 Å². The van der Waals surface area contributed by atoms with Crippen molar-refractivity contribution < 1.29 is 9.53 Å².